The van der Waals surface area contributed by atoms with Gasteiger partial charge in [0.2, 0.25) is 5.91 Å². The number of amides is 2. The summed E-state index contributed by atoms with van der Waals surface area (Å²) in [4.78, 5) is 36.1. The number of H-pyrrole nitrogens is 1. The first-order valence-corrected chi connectivity index (χ1v) is 13.2. The number of nitrogens with zero attached hydrogens (tertiary/aromatic N) is 3. The first-order chi connectivity index (χ1) is 18.3. The van der Waals surface area contributed by atoms with Gasteiger partial charge in [0.1, 0.15) is 6.54 Å². The van der Waals surface area contributed by atoms with Crippen molar-refractivity contribution in [3.05, 3.63) is 102 Å². The van der Waals surface area contributed by atoms with E-state index in [2.05, 4.69) is 60.1 Å². The molecule has 0 atom stereocenters. The lowest BCUT2D eigenvalue weighted by Gasteiger charge is -2.29. The molecule has 4 aromatic rings. The van der Waals surface area contributed by atoms with Crippen molar-refractivity contribution >= 4 is 28.4 Å². The van der Waals surface area contributed by atoms with E-state index in [0.717, 1.165) is 23.2 Å². The predicted molar refractivity (Wildman–Crippen MR) is 155 cm³/mol. The molecule has 198 valence electrons. The molecule has 0 saturated heterocycles. The Bertz CT molecular complexity index is 1340. The normalized spacial score (nSPS) is 11.1. The summed E-state index contributed by atoms with van der Waals surface area (Å²) in [6.45, 7) is 5.76. The second-order valence-corrected chi connectivity index (χ2v) is 10.4. The molecule has 6 heteroatoms. The highest BCUT2D eigenvalue weighted by Gasteiger charge is 2.23. The molecular formula is C32H38N4O2. The Hall–Kier alpha value is -4.06. The molecule has 3 aromatic carbocycles. The summed E-state index contributed by atoms with van der Waals surface area (Å²) >= 11 is 0. The van der Waals surface area contributed by atoms with Crippen molar-refractivity contribution in [2.24, 2.45) is 5.92 Å². The van der Waals surface area contributed by atoms with Gasteiger partial charge in [0.15, 0.2) is 0 Å². The first kappa shape index (κ1) is 27.0. The molecule has 38 heavy (non-hydrogen) atoms. The molecule has 0 aliphatic carbocycles. The van der Waals surface area contributed by atoms with Crippen molar-refractivity contribution in [3.8, 4) is 0 Å². The van der Waals surface area contributed by atoms with Gasteiger partial charge < -0.3 is 19.7 Å². The lowest BCUT2D eigenvalue weighted by Crippen LogP contribution is -2.44. The van der Waals surface area contributed by atoms with Gasteiger partial charge in [0.05, 0.1) is 0 Å². The van der Waals surface area contributed by atoms with Gasteiger partial charge in [-0.25, -0.2) is 0 Å². The van der Waals surface area contributed by atoms with Gasteiger partial charge in [-0.05, 0) is 53.8 Å². The van der Waals surface area contributed by atoms with Crippen LogP contribution < -0.4 is 4.90 Å². The van der Waals surface area contributed by atoms with Crippen molar-refractivity contribution < 1.29 is 9.59 Å². The topological polar surface area (TPSA) is 59.7 Å². The minimum absolute atomic E-state index is 0.0496. The lowest BCUT2D eigenvalue weighted by atomic mass is 10.1. The number of nitrogens with one attached hydrogen (secondary N) is 1. The molecule has 0 bridgehead atoms. The smallest absolute Gasteiger partial charge is 0.254 e. The van der Waals surface area contributed by atoms with Crippen molar-refractivity contribution in [1.82, 2.24) is 14.8 Å². The third kappa shape index (κ3) is 6.82. The van der Waals surface area contributed by atoms with E-state index in [4.69, 9.17) is 0 Å². The summed E-state index contributed by atoms with van der Waals surface area (Å²) in [6, 6.07) is 25.7. The number of para-hydroxylation sites is 1. The minimum atomic E-state index is -0.112. The van der Waals surface area contributed by atoms with Gasteiger partial charge in [-0.3, -0.25) is 9.59 Å². The van der Waals surface area contributed by atoms with Crippen LogP contribution in [0.25, 0.3) is 10.9 Å². The zero-order chi connectivity index (χ0) is 27.1. The molecule has 0 unspecified atom stereocenters. The molecule has 0 radical (unpaired) electrons. The van der Waals surface area contributed by atoms with E-state index in [9.17, 15) is 9.59 Å². The third-order valence-corrected chi connectivity index (χ3v) is 6.72. The van der Waals surface area contributed by atoms with Gasteiger partial charge in [0, 0.05) is 62.1 Å². The van der Waals surface area contributed by atoms with Crippen LogP contribution >= 0.6 is 0 Å². The van der Waals surface area contributed by atoms with Crippen LogP contribution in [-0.2, 0) is 17.8 Å². The zero-order valence-corrected chi connectivity index (χ0v) is 22.9. The van der Waals surface area contributed by atoms with Crippen LogP contribution in [-0.4, -0.2) is 60.3 Å². The maximum atomic E-state index is 13.8. The van der Waals surface area contributed by atoms with Crippen molar-refractivity contribution in [3.63, 3.8) is 0 Å². The number of benzene rings is 3. The Labute approximate surface area is 225 Å². The molecule has 6 nitrogen and oxygen atoms in total. The molecule has 1 heterocycles. The lowest BCUT2D eigenvalue weighted by molar-refractivity contribution is -0.132. The number of fused-ring (bicyclic) bond motifs is 1. The van der Waals surface area contributed by atoms with Crippen LogP contribution in [0.3, 0.4) is 0 Å². The molecule has 0 aliphatic heterocycles. The zero-order valence-electron chi connectivity index (χ0n) is 22.9. The van der Waals surface area contributed by atoms with E-state index in [1.807, 2.05) is 55.5 Å². The fourth-order valence-electron chi connectivity index (χ4n) is 4.69. The number of carbonyl (C=O) groups excluding carboxylic acids is 2. The van der Waals surface area contributed by atoms with E-state index in [-0.39, 0.29) is 24.3 Å². The molecule has 2 amide bonds. The summed E-state index contributed by atoms with van der Waals surface area (Å²) < 4.78 is 0. The van der Waals surface area contributed by atoms with Crippen LogP contribution in [0, 0.1) is 5.92 Å². The molecule has 4 rings (SSSR count). The highest BCUT2D eigenvalue weighted by molar-refractivity contribution is 5.96. The SMILES string of the molecule is CC(C)CN(CC(=O)N(CCc1c[nH]c2ccccc12)Cc1ccc(N(C)C)cc1)C(=O)c1ccccc1. The molecule has 0 saturated carbocycles. The van der Waals surface area contributed by atoms with Gasteiger partial charge in [-0.15, -0.1) is 0 Å². The van der Waals surface area contributed by atoms with E-state index < -0.39 is 0 Å². The molecule has 0 spiro atoms. The summed E-state index contributed by atoms with van der Waals surface area (Å²) in [5.41, 5.74) is 5.05. The van der Waals surface area contributed by atoms with E-state index in [1.165, 1.54) is 10.9 Å². The number of rotatable bonds is 11. The molecule has 1 aromatic heterocycles. The van der Waals surface area contributed by atoms with Crippen LogP contribution in [0.4, 0.5) is 5.69 Å². The van der Waals surface area contributed by atoms with Crippen molar-refractivity contribution in [2.75, 3.05) is 38.6 Å². The Balaban J connectivity index is 1.55. The summed E-state index contributed by atoms with van der Waals surface area (Å²) in [6.07, 6.45) is 2.76. The first-order valence-electron chi connectivity index (χ1n) is 13.2. The number of aromatic amines is 1. The van der Waals surface area contributed by atoms with Crippen molar-refractivity contribution in [1.29, 1.82) is 0 Å². The fourth-order valence-corrected chi connectivity index (χ4v) is 4.69. The minimum Gasteiger partial charge on any atom is -0.378 e. The van der Waals surface area contributed by atoms with Crippen LogP contribution in [0.5, 0.6) is 0 Å². The second kappa shape index (κ2) is 12.5. The third-order valence-electron chi connectivity index (χ3n) is 6.72. The van der Waals surface area contributed by atoms with Gasteiger partial charge in [-0.2, -0.15) is 0 Å². The second-order valence-electron chi connectivity index (χ2n) is 10.4. The van der Waals surface area contributed by atoms with E-state index in [0.29, 0.717) is 25.2 Å². The molecule has 0 aliphatic rings. The number of anilines is 1. The standard InChI is InChI=1S/C32H38N4O2/c1-24(2)21-36(32(38)26-10-6-5-7-11-26)23-31(37)35(22-25-14-16-28(17-15-25)34(3)4)19-18-27-20-33-30-13-9-8-12-29(27)30/h5-17,20,24,33H,18-19,21-23H2,1-4H3. The average molecular weight is 511 g/mol. The fraction of sp³-hybridized carbons (Fsp3) is 0.312. The number of hydrogen-bond donors (Lipinski definition) is 1. The average Bonchev–Trinajstić information content (AvgIpc) is 3.33. The largest absolute Gasteiger partial charge is 0.378 e. The van der Waals surface area contributed by atoms with E-state index in [1.54, 1.807) is 17.0 Å². The Morgan fingerprint density at radius 3 is 2.21 bits per heavy atom. The summed E-state index contributed by atoms with van der Waals surface area (Å²) in [5.74, 6) is 0.0831. The highest BCUT2D eigenvalue weighted by Crippen LogP contribution is 2.20. The maximum Gasteiger partial charge on any atom is 0.254 e. The maximum absolute atomic E-state index is 13.8. The number of hydrogen-bond acceptors (Lipinski definition) is 3. The van der Waals surface area contributed by atoms with Gasteiger partial charge in [-0.1, -0.05) is 62.4 Å². The van der Waals surface area contributed by atoms with Gasteiger partial charge >= 0.3 is 0 Å². The van der Waals surface area contributed by atoms with E-state index >= 15 is 0 Å². The Morgan fingerprint density at radius 2 is 1.53 bits per heavy atom. The molecule has 1 N–H and O–H groups in total. The quantitative estimate of drug-likeness (QED) is 0.286. The Kier molecular flexibility index (Phi) is 8.85. The van der Waals surface area contributed by atoms with Crippen LogP contribution in [0.2, 0.25) is 0 Å². The van der Waals surface area contributed by atoms with Gasteiger partial charge in [0.25, 0.3) is 5.91 Å². The monoisotopic (exact) mass is 510 g/mol. The van der Waals surface area contributed by atoms with Crippen LogP contribution in [0.1, 0.15) is 35.3 Å². The predicted octanol–water partition coefficient (Wildman–Crippen LogP) is 5.60. The summed E-state index contributed by atoms with van der Waals surface area (Å²) in [5, 5.41) is 1.18. The van der Waals surface area contributed by atoms with Crippen molar-refractivity contribution in [2.45, 2.75) is 26.8 Å². The molecular weight excluding hydrogens is 472 g/mol. The summed E-state index contributed by atoms with van der Waals surface area (Å²) in [7, 11) is 4.03. The highest BCUT2D eigenvalue weighted by atomic mass is 16.2. The Morgan fingerprint density at radius 1 is 0.842 bits per heavy atom. The number of carbonyl (C=O) groups is 2. The number of aromatic nitrogens is 1. The van der Waals surface area contributed by atoms with Crippen LogP contribution in [0.15, 0.2) is 85.1 Å². The molecule has 0 fully saturated rings.